The van der Waals surface area contributed by atoms with Crippen molar-refractivity contribution in [1.82, 2.24) is 3.11 Å². The Morgan fingerprint density at radius 2 is 2.54 bits per heavy atom. The number of methoxy groups -OCH3 is 1. The molecule has 1 aliphatic carbocycles. The molecule has 2 unspecified atom stereocenters. The van der Waals surface area contributed by atoms with Crippen molar-refractivity contribution in [1.29, 1.82) is 0 Å². The van der Waals surface area contributed by atoms with Gasteiger partial charge in [-0.15, -0.1) is 0 Å². The zero-order valence-corrected chi connectivity index (χ0v) is 11.7. The third-order valence-corrected chi connectivity index (χ3v) is 7.80. The molecule has 0 N–H and O–H groups in total. The molecule has 76 valence electrons. The quantitative estimate of drug-likeness (QED) is 0.317. The van der Waals surface area contributed by atoms with Gasteiger partial charge in [0.15, 0.2) is 0 Å². The van der Waals surface area contributed by atoms with Gasteiger partial charge in [-0.05, 0) is 0 Å². The van der Waals surface area contributed by atoms with Crippen LogP contribution in [-0.2, 0) is 9.53 Å². The van der Waals surface area contributed by atoms with Gasteiger partial charge >= 0.3 is 99.1 Å². The minimum absolute atomic E-state index is 0.000170. The number of hydrogen-bond acceptors (Lipinski definition) is 3. The third kappa shape index (κ3) is 1.41. The van der Waals surface area contributed by atoms with E-state index in [1.165, 1.54) is 20.0 Å². The second-order valence-corrected chi connectivity index (χ2v) is 7.50. The van der Waals surface area contributed by atoms with E-state index in [1.807, 2.05) is 0 Å². The van der Waals surface area contributed by atoms with Crippen LogP contribution in [0.5, 0.6) is 0 Å². The number of esters is 1. The number of halogens is 2. The molecule has 0 radical (unpaired) electrons. The molecule has 2 bridgehead atoms. The van der Waals surface area contributed by atoms with Gasteiger partial charge in [-0.2, -0.15) is 0 Å². The van der Waals surface area contributed by atoms with Crippen molar-refractivity contribution in [2.45, 2.75) is 37.3 Å². The molecule has 0 amide bonds. The molecule has 0 aromatic rings. The Labute approximate surface area is 98.4 Å². The van der Waals surface area contributed by atoms with E-state index in [4.69, 9.17) is 4.74 Å². The Balaban J connectivity index is 2.16. The Kier molecular flexibility index (Phi) is 3.05. The summed E-state index contributed by atoms with van der Waals surface area (Å²) in [6, 6.07) is 0.692. The third-order valence-electron chi connectivity index (χ3n) is 3.06. The molecule has 0 aromatic heterocycles. The Bertz CT molecular complexity index is 232. The van der Waals surface area contributed by atoms with Crippen LogP contribution in [0.25, 0.3) is 0 Å². The molecule has 5 heteroatoms. The van der Waals surface area contributed by atoms with E-state index < -0.39 is 0 Å². The van der Waals surface area contributed by atoms with Gasteiger partial charge in [-0.1, -0.05) is 0 Å². The summed E-state index contributed by atoms with van der Waals surface area (Å²) in [4.78, 5) is 11.6. The monoisotopic (exact) mass is 408 g/mol. The SMILES string of the molecule is COC(=O)C12CCCC(C1)N2[I-]I. The van der Waals surface area contributed by atoms with E-state index in [2.05, 4.69) is 21.7 Å². The van der Waals surface area contributed by atoms with Crippen molar-refractivity contribution in [3.8, 4) is 0 Å². The molecule has 3 fully saturated rings. The second-order valence-electron chi connectivity index (χ2n) is 3.65. The predicted octanol–water partition coefficient (Wildman–Crippen LogP) is -1.49. The van der Waals surface area contributed by atoms with Crippen molar-refractivity contribution in [3.63, 3.8) is 0 Å². The van der Waals surface area contributed by atoms with Gasteiger partial charge in [0, 0.05) is 0 Å². The fourth-order valence-corrected chi connectivity index (χ4v) is 8.52. The number of nitrogens with zero attached hydrogens (tertiary/aromatic N) is 1. The first-order chi connectivity index (χ1) is 6.24. The summed E-state index contributed by atoms with van der Waals surface area (Å²) < 4.78 is 7.30. The van der Waals surface area contributed by atoms with E-state index in [0.717, 1.165) is 12.8 Å². The number of fused-ring (bicyclic) bond motifs is 2. The van der Waals surface area contributed by atoms with Crippen LogP contribution in [0, 0.1) is 0 Å². The molecule has 13 heavy (non-hydrogen) atoms. The molecule has 2 aliphatic heterocycles. The topological polar surface area (TPSA) is 29.5 Å². The summed E-state index contributed by atoms with van der Waals surface area (Å²) in [6.07, 6.45) is 4.53. The molecule has 0 aromatic carbocycles. The number of piperidine rings is 1. The maximum atomic E-state index is 11.6. The first-order valence-corrected chi connectivity index (χ1v) is 11.6. The predicted molar refractivity (Wildman–Crippen MR) is 52.9 cm³/mol. The number of carbonyl (C=O) groups is 1. The van der Waals surface area contributed by atoms with Crippen LogP contribution in [0.15, 0.2) is 0 Å². The molecule has 3 nitrogen and oxygen atoms in total. The second kappa shape index (κ2) is 3.80. The van der Waals surface area contributed by atoms with Gasteiger partial charge < -0.3 is 0 Å². The van der Waals surface area contributed by atoms with E-state index in [1.54, 1.807) is 0 Å². The Morgan fingerprint density at radius 3 is 3.08 bits per heavy atom. The van der Waals surface area contributed by atoms with Crippen LogP contribution in [0.3, 0.4) is 0 Å². The Hall–Kier alpha value is 0.890. The standard InChI is InChI=1S/C8H12I2NO2/c1-13-7(12)8-4-2-3-6(5-8)11(8)10-9/h6H,2-5H2,1H3/q-1. The average Bonchev–Trinajstić information content (AvgIpc) is 2.17. The number of ether oxygens (including phenoxy) is 1. The molecule has 2 heterocycles. The molecular weight excluding hydrogens is 396 g/mol. The fourth-order valence-electron chi connectivity index (χ4n) is 2.42. The van der Waals surface area contributed by atoms with Crippen molar-refractivity contribution in [2.24, 2.45) is 0 Å². The fraction of sp³-hybridized carbons (Fsp3) is 0.875. The normalized spacial score (nSPS) is 38.5. The van der Waals surface area contributed by atoms with Gasteiger partial charge in [0.2, 0.25) is 0 Å². The molecule has 0 spiro atoms. The van der Waals surface area contributed by atoms with Crippen LogP contribution in [0.2, 0.25) is 0 Å². The summed E-state index contributed by atoms with van der Waals surface area (Å²) in [5.74, 6) is -0.000170. The Morgan fingerprint density at radius 1 is 1.77 bits per heavy atom. The molecule has 3 aliphatic rings. The van der Waals surface area contributed by atoms with Crippen molar-refractivity contribution >= 4 is 24.6 Å². The van der Waals surface area contributed by atoms with Gasteiger partial charge in [0.05, 0.1) is 0 Å². The van der Waals surface area contributed by atoms with Gasteiger partial charge in [0.1, 0.15) is 0 Å². The van der Waals surface area contributed by atoms with E-state index in [-0.39, 0.29) is 29.0 Å². The molecular formula is C8H12I2NO2-. The molecule has 2 saturated heterocycles. The maximum absolute atomic E-state index is 11.6. The van der Waals surface area contributed by atoms with Crippen molar-refractivity contribution < 1.29 is 27.0 Å². The summed E-state index contributed by atoms with van der Waals surface area (Å²) >= 11 is 2.45. The van der Waals surface area contributed by atoms with E-state index in [9.17, 15) is 4.79 Å². The summed E-state index contributed by atoms with van der Waals surface area (Å²) in [5, 5.41) is 0. The van der Waals surface area contributed by atoms with Crippen LogP contribution >= 0.6 is 18.6 Å². The summed E-state index contributed by atoms with van der Waals surface area (Å²) in [7, 11) is 1.50. The molecule has 2 atom stereocenters. The van der Waals surface area contributed by atoms with Gasteiger partial charge in [0.25, 0.3) is 0 Å². The van der Waals surface area contributed by atoms with Crippen LogP contribution in [0.4, 0.5) is 0 Å². The zero-order valence-electron chi connectivity index (χ0n) is 7.43. The summed E-state index contributed by atoms with van der Waals surface area (Å²) in [5.41, 5.74) is -0.188. The van der Waals surface area contributed by atoms with Crippen molar-refractivity contribution in [2.75, 3.05) is 7.11 Å². The van der Waals surface area contributed by atoms with E-state index in [0.29, 0.717) is 6.04 Å². The van der Waals surface area contributed by atoms with Crippen LogP contribution in [0.1, 0.15) is 25.7 Å². The number of rotatable bonds is 2. The first-order valence-electron chi connectivity index (χ1n) is 4.38. The van der Waals surface area contributed by atoms with Crippen molar-refractivity contribution in [3.05, 3.63) is 0 Å². The minimum atomic E-state index is -0.188. The van der Waals surface area contributed by atoms with Crippen LogP contribution < -0.4 is 17.5 Å². The van der Waals surface area contributed by atoms with E-state index >= 15 is 0 Å². The summed E-state index contributed by atoms with van der Waals surface area (Å²) in [6.45, 7) is 0. The average molecular weight is 408 g/mol. The number of carbonyl (C=O) groups excluding carboxylic acids is 1. The number of hydrogen-bond donors (Lipinski definition) is 0. The molecule has 1 saturated carbocycles. The molecule has 3 rings (SSSR count). The first kappa shape index (κ1) is 10.4. The van der Waals surface area contributed by atoms with Crippen LogP contribution in [-0.4, -0.2) is 27.8 Å². The van der Waals surface area contributed by atoms with Gasteiger partial charge in [-0.25, -0.2) is 0 Å². The van der Waals surface area contributed by atoms with Gasteiger partial charge in [-0.3, -0.25) is 0 Å². The zero-order chi connectivity index (χ0) is 9.47.